The summed E-state index contributed by atoms with van der Waals surface area (Å²) in [5, 5.41) is 15.9. The lowest BCUT2D eigenvalue weighted by Crippen LogP contribution is -2.63. The molecule has 286 valence electrons. The number of carbonyl (C=O) groups excluding carboxylic acids is 4. The van der Waals surface area contributed by atoms with Crippen molar-refractivity contribution in [3.8, 4) is 5.75 Å². The topological polar surface area (TPSA) is 193 Å². The summed E-state index contributed by atoms with van der Waals surface area (Å²) in [5.74, 6) is -0.259. The number of carbonyl (C=O) groups is 4. The Morgan fingerprint density at radius 1 is 0.963 bits per heavy atom. The number of phenolic OH excluding ortho intramolecular Hbond substituents is 1. The van der Waals surface area contributed by atoms with E-state index < -0.39 is 11.9 Å². The van der Waals surface area contributed by atoms with Gasteiger partial charge in [-0.05, 0) is 42.3 Å². The molecule has 4 saturated heterocycles. The van der Waals surface area contributed by atoms with Crippen LogP contribution in [0.1, 0.15) is 34.3 Å². The van der Waals surface area contributed by atoms with E-state index in [2.05, 4.69) is 25.3 Å². The van der Waals surface area contributed by atoms with Gasteiger partial charge in [0.25, 0.3) is 5.91 Å². The number of para-hydroxylation sites is 1. The van der Waals surface area contributed by atoms with E-state index in [-0.39, 0.29) is 42.2 Å². The number of nitrogens with two attached hydrogens (primary N) is 2. The molecule has 16 nitrogen and oxygen atoms in total. The zero-order valence-electron chi connectivity index (χ0n) is 30.3. The number of benzene rings is 2. The molecule has 0 aromatic heterocycles. The van der Waals surface area contributed by atoms with Crippen LogP contribution in [0.3, 0.4) is 0 Å². The Labute approximate surface area is 313 Å². The third kappa shape index (κ3) is 6.98. The van der Waals surface area contributed by atoms with Gasteiger partial charge < -0.3 is 51.1 Å². The van der Waals surface area contributed by atoms with Crippen molar-refractivity contribution >= 4 is 35.1 Å². The highest BCUT2D eigenvalue weighted by atomic mass is 16.5. The molecule has 0 radical (unpaired) electrons. The minimum absolute atomic E-state index is 0.0270. The quantitative estimate of drug-likeness (QED) is 0.246. The predicted octanol–water partition coefficient (Wildman–Crippen LogP) is -0.187. The predicted molar refractivity (Wildman–Crippen MR) is 199 cm³/mol. The number of nitrogens with one attached hydrogen (secondary N) is 2. The van der Waals surface area contributed by atoms with E-state index in [1.54, 1.807) is 29.2 Å². The van der Waals surface area contributed by atoms with Crippen molar-refractivity contribution in [2.45, 2.75) is 37.6 Å². The van der Waals surface area contributed by atoms with E-state index in [0.29, 0.717) is 94.6 Å². The second kappa shape index (κ2) is 14.7. The molecule has 4 fully saturated rings. The number of amides is 5. The Morgan fingerprint density at radius 2 is 1.76 bits per heavy atom. The number of piperidine rings is 1. The molecule has 0 spiro atoms. The number of allylic oxidation sites excluding steroid dienone is 1. The number of rotatable bonds is 6. The highest BCUT2D eigenvalue weighted by Gasteiger charge is 2.40. The van der Waals surface area contributed by atoms with Gasteiger partial charge in [0.2, 0.25) is 11.8 Å². The standard InChI is InChI=1S/C38H48N10O6/c39-30(28-3-1-2-4-33(28)49)18-32-35(40)41-19-26-21-46(13-14-47(26)32)38(53)44-11-9-43(10-12-44)22-27-23-45(15-16-54-27)25-6-5-24-20-48(37(52)29(24)17-25)31-7-8-34(50)42-36(31)51/h1-6,17-18,26-27,31,41,49H,7-16,19-23,39-40H2,(H,42,50,51)/b30-18-. The van der Waals surface area contributed by atoms with E-state index in [4.69, 9.17) is 16.2 Å². The SMILES string of the molecule is NC1=C(/C=C(\N)c2ccccc2O)N2CCN(C(=O)N3CCN(CC4CN(c5ccc6c(c5)C(=O)N(C5CCC(=O)NC5=O)C6)CCO4)CC3)CC2CN1. The van der Waals surface area contributed by atoms with Gasteiger partial charge in [0.15, 0.2) is 0 Å². The number of piperazine rings is 2. The molecular weight excluding hydrogens is 692 g/mol. The fourth-order valence-corrected chi connectivity index (χ4v) is 8.51. The number of ether oxygens (including phenoxy) is 1. The van der Waals surface area contributed by atoms with Crippen molar-refractivity contribution in [2.24, 2.45) is 11.5 Å². The van der Waals surface area contributed by atoms with E-state index in [1.165, 1.54) is 0 Å². The summed E-state index contributed by atoms with van der Waals surface area (Å²) in [4.78, 5) is 63.5. The average molecular weight is 741 g/mol. The zero-order chi connectivity index (χ0) is 37.5. The summed E-state index contributed by atoms with van der Waals surface area (Å²) < 4.78 is 6.19. The van der Waals surface area contributed by atoms with Gasteiger partial charge in [-0.3, -0.25) is 24.6 Å². The number of urea groups is 1. The number of phenols is 1. The lowest BCUT2D eigenvalue weighted by atomic mass is 10.0. The molecule has 3 unspecified atom stereocenters. The van der Waals surface area contributed by atoms with Crippen LogP contribution in [0.15, 0.2) is 60.1 Å². The number of hydrogen-bond acceptors (Lipinski definition) is 12. The number of anilines is 1. The Hall–Kier alpha value is -5.48. The number of aromatic hydroxyl groups is 1. The molecule has 7 N–H and O–H groups in total. The molecule has 16 heteroatoms. The first kappa shape index (κ1) is 35.5. The van der Waals surface area contributed by atoms with Gasteiger partial charge in [-0.2, -0.15) is 0 Å². The maximum atomic E-state index is 13.7. The molecule has 6 heterocycles. The molecule has 5 amide bonds. The molecule has 0 bridgehead atoms. The lowest BCUT2D eigenvalue weighted by molar-refractivity contribution is -0.136. The normalized spacial score (nSPS) is 25.4. The van der Waals surface area contributed by atoms with Crippen molar-refractivity contribution in [3.63, 3.8) is 0 Å². The van der Waals surface area contributed by atoms with E-state index in [1.807, 2.05) is 34.1 Å². The Morgan fingerprint density at radius 3 is 2.56 bits per heavy atom. The Bertz CT molecular complexity index is 1890. The van der Waals surface area contributed by atoms with Gasteiger partial charge in [-0.15, -0.1) is 0 Å². The van der Waals surface area contributed by atoms with Crippen molar-refractivity contribution in [3.05, 3.63) is 76.7 Å². The fraction of sp³-hybridized carbons (Fsp3) is 0.474. The average Bonchev–Trinajstić information content (AvgIpc) is 3.50. The smallest absolute Gasteiger partial charge is 0.320 e. The number of nitrogens with zero attached hydrogens (tertiary/aromatic N) is 6. The van der Waals surface area contributed by atoms with Crippen LogP contribution in [0.2, 0.25) is 0 Å². The van der Waals surface area contributed by atoms with Crippen LogP contribution in [0.4, 0.5) is 10.5 Å². The maximum Gasteiger partial charge on any atom is 0.320 e. The van der Waals surface area contributed by atoms with Crippen molar-refractivity contribution in [2.75, 3.05) is 83.5 Å². The van der Waals surface area contributed by atoms with Crippen LogP contribution in [0.5, 0.6) is 5.75 Å². The van der Waals surface area contributed by atoms with Gasteiger partial charge in [0.1, 0.15) is 17.6 Å². The zero-order valence-corrected chi connectivity index (χ0v) is 30.3. The summed E-state index contributed by atoms with van der Waals surface area (Å²) in [5.41, 5.74) is 16.9. The van der Waals surface area contributed by atoms with Crippen LogP contribution in [-0.2, 0) is 20.9 Å². The summed E-state index contributed by atoms with van der Waals surface area (Å²) in [6.45, 7) is 8.16. The summed E-state index contributed by atoms with van der Waals surface area (Å²) in [6.07, 6.45) is 2.33. The first-order valence-electron chi connectivity index (χ1n) is 18.8. The highest BCUT2D eigenvalue weighted by Crippen LogP contribution is 2.32. The largest absolute Gasteiger partial charge is 0.507 e. The second-order valence-electron chi connectivity index (χ2n) is 14.8. The van der Waals surface area contributed by atoms with E-state index in [9.17, 15) is 24.3 Å². The molecule has 6 aliphatic heterocycles. The molecular formula is C38H48N10O6. The van der Waals surface area contributed by atoms with Crippen LogP contribution in [0, 0.1) is 0 Å². The van der Waals surface area contributed by atoms with Crippen molar-refractivity contribution in [1.29, 1.82) is 0 Å². The fourth-order valence-electron chi connectivity index (χ4n) is 8.51. The van der Waals surface area contributed by atoms with Crippen LogP contribution in [0.25, 0.3) is 5.70 Å². The number of imide groups is 1. The van der Waals surface area contributed by atoms with Gasteiger partial charge in [0, 0.05) is 107 Å². The van der Waals surface area contributed by atoms with Crippen LogP contribution >= 0.6 is 0 Å². The summed E-state index contributed by atoms with van der Waals surface area (Å²) >= 11 is 0. The second-order valence-corrected chi connectivity index (χ2v) is 14.8. The van der Waals surface area contributed by atoms with Crippen LogP contribution < -0.4 is 27.0 Å². The van der Waals surface area contributed by atoms with Gasteiger partial charge in [-0.25, -0.2) is 4.79 Å². The van der Waals surface area contributed by atoms with Crippen molar-refractivity contribution < 1.29 is 29.0 Å². The number of hydrogen-bond donors (Lipinski definition) is 5. The minimum atomic E-state index is -0.634. The molecule has 8 rings (SSSR count). The van der Waals surface area contributed by atoms with Gasteiger partial charge >= 0.3 is 6.03 Å². The summed E-state index contributed by atoms with van der Waals surface area (Å²) in [7, 11) is 0. The maximum absolute atomic E-state index is 13.7. The third-order valence-corrected chi connectivity index (χ3v) is 11.5. The van der Waals surface area contributed by atoms with E-state index >= 15 is 0 Å². The lowest BCUT2D eigenvalue weighted by Gasteiger charge is -2.47. The number of fused-ring (bicyclic) bond motifs is 2. The first-order chi connectivity index (χ1) is 26.1. The monoisotopic (exact) mass is 740 g/mol. The third-order valence-electron chi connectivity index (χ3n) is 11.5. The summed E-state index contributed by atoms with van der Waals surface area (Å²) in [6, 6.07) is 12.3. The molecule has 0 saturated carbocycles. The van der Waals surface area contributed by atoms with Crippen molar-refractivity contribution in [1.82, 2.24) is 35.1 Å². The van der Waals surface area contributed by atoms with E-state index in [0.717, 1.165) is 36.6 Å². The Kier molecular flexibility index (Phi) is 9.70. The molecule has 0 aliphatic carbocycles. The minimum Gasteiger partial charge on any atom is -0.507 e. The van der Waals surface area contributed by atoms with Gasteiger partial charge in [-0.1, -0.05) is 18.2 Å². The number of morpholine rings is 1. The van der Waals surface area contributed by atoms with Gasteiger partial charge in [0.05, 0.1) is 24.4 Å². The molecule has 6 aliphatic rings. The molecule has 2 aromatic rings. The molecule has 3 atom stereocenters. The highest BCUT2D eigenvalue weighted by molar-refractivity contribution is 6.05. The Balaban J connectivity index is 0.822. The molecule has 54 heavy (non-hydrogen) atoms. The first-order valence-corrected chi connectivity index (χ1v) is 18.8. The van der Waals surface area contributed by atoms with Crippen LogP contribution in [-0.4, -0.2) is 150 Å². The molecule has 2 aromatic carbocycles.